The van der Waals surface area contributed by atoms with Crippen molar-refractivity contribution in [3.05, 3.63) is 69.5 Å². The van der Waals surface area contributed by atoms with E-state index in [0.29, 0.717) is 5.92 Å². The van der Waals surface area contributed by atoms with E-state index in [2.05, 4.69) is 69.6 Å². The van der Waals surface area contributed by atoms with Crippen molar-refractivity contribution in [1.82, 2.24) is 4.98 Å². The fourth-order valence-corrected chi connectivity index (χ4v) is 3.43. The fraction of sp³-hybridized carbons (Fsp3) is 0.158. The molecule has 1 aromatic heterocycles. The molecule has 24 heavy (non-hydrogen) atoms. The van der Waals surface area contributed by atoms with Gasteiger partial charge in [-0.15, -0.1) is 11.3 Å². The summed E-state index contributed by atoms with van der Waals surface area (Å²) in [6.45, 7) is 4.36. The van der Waals surface area contributed by atoms with Gasteiger partial charge in [-0.1, -0.05) is 66.2 Å². The molecule has 0 unspecified atom stereocenters. The van der Waals surface area contributed by atoms with Crippen LogP contribution in [-0.4, -0.2) is 11.2 Å². The normalized spacial score (nSPS) is 11.3. The zero-order valence-corrected chi connectivity index (χ0v) is 15.9. The lowest BCUT2D eigenvalue weighted by Crippen LogP contribution is -1.97. The standard InChI is InChI=1S/C19H18BrN3S/c1-13(2)17-10-16(20)9-8-15(17)11-21-23-19-22-18(12-24-19)14-6-4-3-5-7-14/h3-13H,1-2H3,(H,22,23). The van der Waals surface area contributed by atoms with Crippen molar-refractivity contribution in [3.63, 3.8) is 0 Å². The molecule has 3 aromatic rings. The molecule has 1 heterocycles. The SMILES string of the molecule is CC(C)c1cc(Br)ccc1C=NNc1nc(-c2ccccc2)cs1. The predicted octanol–water partition coefficient (Wildman–Crippen LogP) is 6.14. The van der Waals surface area contributed by atoms with Crippen LogP contribution < -0.4 is 5.43 Å². The van der Waals surface area contributed by atoms with Gasteiger partial charge in [-0.3, -0.25) is 5.43 Å². The summed E-state index contributed by atoms with van der Waals surface area (Å²) in [7, 11) is 0. The maximum atomic E-state index is 4.57. The molecule has 5 heteroatoms. The summed E-state index contributed by atoms with van der Waals surface area (Å²) in [4.78, 5) is 4.57. The second-order valence-electron chi connectivity index (χ2n) is 5.70. The zero-order valence-electron chi connectivity index (χ0n) is 13.5. The van der Waals surface area contributed by atoms with Gasteiger partial charge in [0, 0.05) is 15.4 Å². The number of benzene rings is 2. The molecule has 0 aliphatic heterocycles. The van der Waals surface area contributed by atoms with Crippen LogP contribution in [0.15, 0.2) is 63.5 Å². The Hall–Kier alpha value is -1.98. The highest BCUT2D eigenvalue weighted by Gasteiger charge is 2.06. The highest BCUT2D eigenvalue weighted by Crippen LogP contribution is 2.25. The highest BCUT2D eigenvalue weighted by atomic mass is 79.9. The molecule has 0 radical (unpaired) electrons. The monoisotopic (exact) mass is 399 g/mol. The summed E-state index contributed by atoms with van der Waals surface area (Å²) < 4.78 is 1.09. The minimum atomic E-state index is 0.438. The Morgan fingerprint density at radius 2 is 1.96 bits per heavy atom. The van der Waals surface area contributed by atoms with Crippen LogP contribution in [0.4, 0.5) is 5.13 Å². The van der Waals surface area contributed by atoms with Gasteiger partial charge in [0.25, 0.3) is 0 Å². The summed E-state index contributed by atoms with van der Waals surface area (Å²) in [5.41, 5.74) is 7.48. The zero-order chi connectivity index (χ0) is 16.9. The molecule has 0 saturated heterocycles. The van der Waals surface area contributed by atoms with Gasteiger partial charge in [0.2, 0.25) is 5.13 Å². The van der Waals surface area contributed by atoms with Gasteiger partial charge in [-0.05, 0) is 29.2 Å². The summed E-state index contributed by atoms with van der Waals surface area (Å²) in [5, 5.41) is 7.17. The Kier molecular flexibility index (Phi) is 5.43. The van der Waals surface area contributed by atoms with Crippen molar-refractivity contribution in [3.8, 4) is 11.3 Å². The van der Waals surface area contributed by atoms with Gasteiger partial charge in [0.1, 0.15) is 0 Å². The number of aromatic nitrogens is 1. The molecule has 122 valence electrons. The second-order valence-corrected chi connectivity index (χ2v) is 7.48. The smallest absolute Gasteiger partial charge is 0.203 e. The molecular formula is C19H18BrN3S. The maximum absolute atomic E-state index is 4.57. The average Bonchev–Trinajstić information content (AvgIpc) is 3.06. The third-order valence-electron chi connectivity index (χ3n) is 3.61. The van der Waals surface area contributed by atoms with Crippen molar-refractivity contribution >= 4 is 38.6 Å². The summed E-state index contributed by atoms with van der Waals surface area (Å²) in [6, 6.07) is 16.4. The summed E-state index contributed by atoms with van der Waals surface area (Å²) in [5.74, 6) is 0.438. The van der Waals surface area contributed by atoms with Crippen molar-refractivity contribution in [2.75, 3.05) is 5.43 Å². The van der Waals surface area contributed by atoms with Crippen LogP contribution in [0.1, 0.15) is 30.9 Å². The van der Waals surface area contributed by atoms with E-state index in [1.54, 1.807) is 11.3 Å². The molecule has 2 aromatic carbocycles. The summed E-state index contributed by atoms with van der Waals surface area (Å²) in [6.07, 6.45) is 1.85. The second kappa shape index (κ2) is 7.73. The Balaban J connectivity index is 1.73. The van der Waals surface area contributed by atoms with Crippen molar-refractivity contribution in [2.24, 2.45) is 5.10 Å². The van der Waals surface area contributed by atoms with Gasteiger partial charge in [0.05, 0.1) is 11.9 Å². The largest absolute Gasteiger partial charge is 0.253 e. The quantitative estimate of drug-likeness (QED) is 0.413. The van der Waals surface area contributed by atoms with E-state index in [9.17, 15) is 0 Å². The number of nitrogens with zero attached hydrogens (tertiary/aromatic N) is 2. The Morgan fingerprint density at radius 3 is 2.71 bits per heavy atom. The molecule has 0 spiro atoms. The lowest BCUT2D eigenvalue weighted by molar-refractivity contribution is 0.863. The van der Waals surface area contributed by atoms with Crippen molar-refractivity contribution in [2.45, 2.75) is 19.8 Å². The number of rotatable bonds is 5. The van der Waals surface area contributed by atoms with Crippen molar-refractivity contribution in [1.29, 1.82) is 0 Å². The van der Waals surface area contributed by atoms with Crippen LogP contribution in [0.2, 0.25) is 0 Å². The van der Waals surface area contributed by atoms with E-state index < -0.39 is 0 Å². The van der Waals surface area contributed by atoms with Gasteiger partial charge in [0.15, 0.2) is 0 Å². The minimum absolute atomic E-state index is 0.438. The third kappa shape index (κ3) is 4.10. The van der Waals surface area contributed by atoms with Crippen LogP contribution in [0.5, 0.6) is 0 Å². The third-order valence-corrected chi connectivity index (χ3v) is 4.85. The molecule has 0 saturated carbocycles. The van der Waals surface area contributed by atoms with E-state index >= 15 is 0 Å². The van der Waals surface area contributed by atoms with Gasteiger partial charge < -0.3 is 0 Å². The maximum Gasteiger partial charge on any atom is 0.203 e. The first-order chi connectivity index (χ1) is 11.6. The summed E-state index contributed by atoms with van der Waals surface area (Å²) >= 11 is 5.07. The Morgan fingerprint density at radius 1 is 1.17 bits per heavy atom. The molecule has 3 nitrogen and oxygen atoms in total. The first-order valence-electron chi connectivity index (χ1n) is 7.73. The number of anilines is 1. The highest BCUT2D eigenvalue weighted by molar-refractivity contribution is 9.10. The van der Waals surface area contributed by atoms with Crippen LogP contribution in [0.3, 0.4) is 0 Å². The van der Waals surface area contributed by atoms with Gasteiger partial charge >= 0.3 is 0 Å². The van der Waals surface area contributed by atoms with E-state index in [1.807, 2.05) is 35.9 Å². The van der Waals surface area contributed by atoms with E-state index in [-0.39, 0.29) is 0 Å². The van der Waals surface area contributed by atoms with Crippen LogP contribution in [0.25, 0.3) is 11.3 Å². The fourth-order valence-electron chi connectivity index (χ4n) is 2.39. The molecule has 0 atom stereocenters. The van der Waals surface area contributed by atoms with E-state index in [4.69, 9.17) is 0 Å². The number of halogens is 1. The topological polar surface area (TPSA) is 37.3 Å². The van der Waals surface area contributed by atoms with E-state index in [0.717, 1.165) is 26.4 Å². The van der Waals surface area contributed by atoms with Gasteiger partial charge in [-0.25, -0.2) is 4.98 Å². The predicted molar refractivity (Wildman–Crippen MR) is 107 cm³/mol. The van der Waals surface area contributed by atoms with Crippen LogP contribution in [-0.2, 0) is 0 Å². The van der Waals surface area contributed by atoms with Crippen LogP contribution in [0, 0.1) is 0 Å². The molecular weight excluding hydrogens is 382 g/mol. The lowest BCUT2D eigenvalue weighted by atomic mass is 9.98. The first kappa shape index (κ1) is 16.9. The number of hydrazone groups is 1. The average molecular weight is 400 g/mol. The molecule has 0 fully saturated rings. The Labute approximate surface area is 154 Å². The van der Waals surface area contributed by atoms with Crippen molar-refractivity contribution < 1.29 is 0 Å². The molecule has 0 aliphatic carbocycles. The molecule has 0 aliphatic rings. The lowest BCUT2D eigenvalue weighted by Gasteiger charge is -2.09. The van der Waals surface area contributed by atoms with E-state index in [1.165, 1.54) is 5.56 Å². The number of nitrogens with one attached hydrogen (secondary N) is 1. The van der Waals surface area contributed by atoms with Crippen LogP contribution >= 0.6 is 27.3 Å². The number of hydrogen-bond donors (Lipinski definition) is 1. The molecule has 0 amide bonds. The molecule has 0 bridgehead atoms. The molecule has 1 N–H and O–H groups in total. The Bertz CT molecular complexity index is 841. The molecule has 3 rings (SSSR count). The minimum Gasteiger partial charge on any atom is -0.253 e. The first-order valence-corrected chi connectivity index (χ1v) is 9.40. The number of thiazole rings is 1. The van der Waals surface area contributed by atoms with Gasteiger partial charge in [-0.2, -0.15) is 5.10 Å². The number of hydrogen-bond acceptors (Lipinski definition) is 4.